The minimum Gasteiger partial charge on any atom is -0.478 e. The van der Waals surface area contributed by atoms with Crippen LogP contribution >= 0.6 is 21.6 Å². The topological polar surface area (TPSA) is 74.6 Å². The molecule has 0 heterocycles. The van der Waals surface area contributed by atoms with E-state index in [0.717, 1.165) is 4.90 Å². The average Bonchev–Trinajstić information content (AvgIpc) is 2.17. The summed E-state index contributed by atoms with van der Waals surface area (Å²) in [5, 5.41) is 17.6. The molecule has 0 spiro atoms. The van der Waals surface area contributed by atoms with Gasteiger partial charge in [-0.2, -0.15) is 0 Å². The van der Waals surface area contributed by atoms with Crippen LogP contribution < -0.4 is 0 Å². The number of hydrogen-bond donors (Lipinski definition) is 2. The molecule has 0 fully saturated rings. The highest BCUT2D eigenvalue weighted by molar-refractivity contribution is 8.76. The van der Waals surface area contributed by atoms with Crippen LogP contribution in [0.3, 0.4) is 0 Å². The molecule has 15 heavy (non-hydrogen) atoms. The monoisotopic (exact) mass is 244 g/mol. The van der Waals surface area contributed by atoms with Gasteiger partial charge in [0.1, 0.15) is 0 Å². The van der Waals surface area contributed by atoms with Crippen LogP contribution in [-0.4, -0.2) is 28.4 Å². The van der Waals surface area contributed by atoms with Gasteiger partial charge in [-0.25, -0.2) is 9.59 Å². The van der Waals surface area contributed by atoms with Crippen LogP contribution in [0, 0.1) is 0 Å². The molecule has 0 atom stereocenters. The van der Waals surface area contributed by atoms with Crippen molar-refractivity contribution in [2.24, 2.45) is 0 Å². The molecule has 0 aliphatic heterocycles. The summed E-state index contributed by atoms with van der Waals surface area (Å²) in [6, 6.07) is 4.27. The van der Waals surface area contributed by atoms with Gasteiger partial charge >= 0.3 is 11.9 Å². The van der Waals surface area contributed by atoms with E-state index in [9.17, 15) is 9.59 Å². The molecule has 1 aromatic rings. The predicted octanol–water partition coefficient (Wildman–Crippen LogP) is 2.45. The van der Waals surface area contributed by atoms with Crippen molar-refractivity contribution in [2.45, 2.75) is 4.90 Å². The van der Waals surface area contributed by atoms with E-state index in [1.807, 2.05) is 6.26 Å². The second-order valence-corrected chi connectivity index (χ2v) is 5.04. The Morgan fingerprint density at radius 1 is 1.13 bits per heavy atom. The summed E-state index contributed by atoms with van der Waals surface area (Å²) >= 11 is 0. The van der Waals surface area contributed by atoms with Gasteiger partial charge in [0.15, 0.2) is 0 Å². The number of aromatic carboxylic acids is 2. The summed E-state index contributed by atoms with van der Waals surface area (Å²) in [5.41, 5.74) is -0.366. The van der Waals surface area contributed by atoms with Gasteiger partial charge in [-0.05, 0) is 24.5 Å². The third-order valence-corrected chi connectivity index (χ3v) is 3.32. The number of rotatable bonds is 4. The van der Waals surface area contributed by atoms with Crippen LogP contribution in [-0.2, 0) is 0 Å². The molecule has 4 nitrogen and oxygen atoms in total. The molecule has 1 aromatic carbocycles. The highest BCUT2D eigenvalue weighted by Crippen LogP contribution is 2.29. The number of carbonyl (C=O) groups is 2. The molecule has 0 aromatic heterocycles. The van der Waals surface area contributed by atoms with Crippen LogP contribution in [0.2, 0.25) is 0 Å². The molecular weight excluding hydrogens is 236 g/mol. The largest absolute Gasteiger partial charge is 0.478 e. The fourth-order valence-corrected chi connectivity index (χ4v) is 2.41. The van der Waals surface area contributed by atoms with Gasteiger partial charge in [0.25, 0.3) is 0 Å². The van der Waals surface area contributed by atoms with Gasteiger partial charge < -0.3 is 10.2 Å². The fourth-order valence-electron chi connectivity index (χ4n) is 1.03. The van der Waals surface area contributed by atoms with Crippen LogP contribution in [0.15, 0.2) is 23.1 Å². The number of benzene rings is 1. The van der Waals surface area contributed by atoms with Gasteiger partial charge in [-0.1, -0.05) is 21.6 Å². The van der Waals surface area contributed by atoms with Crippen molar-refractivity contribution >= 4 is 33.5 Å². The lowest BCUT2D eigenvalue weighted by molar-refractivity contribution is 0.0651. The Balaban J connectivity index is 3.21. The van der Waals surface area contributed by atoms with Crippen molar-refractivity contribution < 1.29 is 19.8 Å². The summed E-state index contributed by atoms with van der Waals surface area (Å²) in [5.74, 6) is -2.45. The first-order valence-electron chi connectivity index (χ1n) is 3.87. The lowest BCUT2D eigenvalue weighted by atomic mass is 10.1. The fraction of sp³-hybridized carbons (Fsp3) is 0.111. The van der Waals surface area contributed by atoms with Gasteiger partial charge in [-0.3, -0.25) is 0 Å². The lowest BCUT2D eigenvalue weighted by Crippen LogP contribution is -2.07. The Morgan fingerprint density at radius 2 is 1.73 bits per heavy atom. The molecular formula is C9H8O4S2. The Labute approximate surface area is 94.1 Å². The first-order chi connectivity index (χ1) is 7.06. The van der Waals surface area contributed by atoms with Gasteiger partial charge in [-0.15, -0.1) is 0 Å². The molecule has 80 valence electrons. The van der Waals surface area contributed by atoms with E-state index in [-0.39, 0.29) is 11.1 Å². The third-order valence-electron chi connectivity index (χ3n) is 1.63. The molecule has 0 saturated heterocycles. The van der Waals surface area contributed by atoms with E-state index in [2.05, 4.69) is 0 Å². The average molecular weight is 244 g/mol. The van der Waals surface area contributed by atoms with Gasteiger partial charge in [0.2, 0.25) is 0 Å². The Kier molecular flexibility index (Phi) is 4.05. The second-order valence-electron chi connectivity index (χ2n) is 2.57. The first kappa shape index (κ1) is 11.9. The van der Waals surface area contributed by atoms with E-state index < -0.39 is 11.9 Å². The lowest BCUT2D eigenvalue weighted by Gasteiger charge is -2.03. The van der Waals surface area contributed by atoms with Crippen molar-refractivity contribution in [2.75, 3.05) is 6.26 Å². The summed E-state index contributed by atoms with van der Waals surface area (Å²) < 4.78 is 0. The Morgan fingerprint density at radius 3 is 2.20 bits per heavy atom. The van der Waals surface area contributed by atoms with Crippen LogP contribution in [0.25, 0.3) is 0 Å². The van der Waals surface area contributed by atoms with E-state index in [4.69, 9.17) is 10.2 Å². The number of carboxylic acids is 2. The van der Waals surface area contributed by atoms with Crippen molar-refractivity contribution in [3.8, 4) is 0 Å². The summed E-state index contributed by atoms with van der Waals surface area (Å²) in [4.78, 5) is 22.3. The second kappa shape index (κ2) is 5.09. The highest BCUT2D eigenvalue weighted by atomic mass is 33.1. The quantitative estimate of drug-likeness (QED) is 0.792. The first-order valence-corrected chi connectivity index (χ1v) is 6.43. The molecule has 0 saturated carbocycles. The van der Waals surface area contributed by atoms with Crippen molar-refractivity contribution in [3.05, 3.63) is 29.3 Å². The van der Waals surface area contributed by atoms with Crippen molar-refractivity contribution in [1.82, 2.24) is 0 Å². The maximum atomic E-state index is 10.8. The molecule has 0 bridgehead atoms. The molecule has 0 aliphatic rings. The number of carboxylic acid groups (broad SMARTS) is 2. The maximum Gasteiger partial charge on any atom is 0.336 e. The highest BCUT2D eigenvalue weighted by Gasteiger charge is 2.16. The van der Waals surface area contributed by atoms with Crippen molar-refractivity contribution in [1.29, 1.82) is 0 Å². The minimum absolute atomic E-state index is 0.179. The molecule has 0 unspecified atom stereocenters. The third kappa shape index (κ3) is 2.90. The van der Waals surface area contributed by atoms with E-state index in [0.29, 0.717) is 0 Å². The molecule has 0 radical (unpaired) electrons. The van der Waals surface area contributed by atoms with Crippen LogP contribution in [0.4, 0.5) is 0 Å². The Bertz CT molecular complexity index is 403. The van der Waals surface area contributed by atoms with Crippen LogP contribution in [0.1, 0.15) is 20.7 Å². The SMILES string of the molecule is CSSc1ccc(C(=O)O)c(C(=O)O)c1. The maximum absolute atomic E-state index is 10.8. The van der Waals surface area contributed by atoms with Crippen molar-refractivity contribution in [3.63, 3.8) is 0 Å². The summed E-state index contributed by atoms with van der Waals surface area (Å²) in [6.45, 7) is 0. The zero-order chi connectivity index (χ0) is 11.4. The van der Waals surface area contributed by atoms with Gasteiger partial charge in [0.05, 0.1) is 11.1 Å². The molecule has 1 rings (SSSR count). The summed E-state index contributed by atoms with van der Waals surface area (Å²) in [6.07, 6.45) is 1.86. The van der Waals surface area contributed by atoms with E-state index >= 15 is 0 Å². The smallest absolute Gasteiger partial charge is 0.336 e. The van der Waals surface area contributed by atoms with Gasteiger partial charge in [0, 0.05) is 4.90 Å². The molecule has 0 aliphatic carbocycles. The van der Waals surface area contributed by atoms with E-state index in [1.54, 1.807) is 6.07 Å². The summed E-state index contributed by atoms with van der Waals surface area (Å²) in [7, 11) is 2.85. The zero-order valence-corrected chi connectivity index (χ0v) is 9.39. The number of hydrogen-bond acceptors (Lipinski definition) is 4. The van der Waals surface area contributed by atoms with Crippen LogP contribution in [0.5, 0.6) is 0 Å². The predicted molar refractivity (Wildman–Crippen MR) is 59.7 cm³/mol. The molecule has 0 amide bonds. The van der Waals surface area contributed by atoms with E-state index in [1.165, 1.54) is 33.7 Å². The molecule has 6 heteroatoms. The standard InChI is InChI=1S/C9H8O4S2/c1-14-15-5-2-3-6(8(10)11)7(4-5)9(12)13/h2-4H,1H3,(H,10,11)(H,12,13). The zero-order valence-electron chi connectivity index (χ0n) is 7.76. The Hall–Kier alpha value is -1.14. The normalized spacial score (nSPS) is 9.93. The molecule has 2 N–H and O–H groups in total. The minimum atomic E-state index is -1.23.